The lowest BCUT2D eigenvalue weighted by Gasteiger charge is -2.24. The molecule has 4 aliphatic rings. The van der Waals surface area contributed by atoms with Crippen molar-refractivity contribution in [3.63, 3.8) is 0 Å². The largest absolute Gasteiger partial charge is 0.361 e. The zero-order chi connectivity index (χ0) is 56.8. The summed E-state index contributed by atoms with van der Waals surface area (Å²) in [6.07, 6.45) is 24.2. The average Bonchev–Trinajstić information content (AvgIpc) is 4.34. The monoisotopic (exact) mass is 1180 g/mol. The van der Waals surface area contributed by atoms with E-state index in [1.165, 1.54) is 12.1 Å². The van der Waals surface area contributed by atoms with Crippen LogP contribution in [-0.2, 0) is 34.9 Å². The minimum absolute atomic E-state index is 0.0666. The number of aromatic nitrogens is 11. The molecule has 1 aromatic carbocycles. The molecule has 0 unspecified atom stereocenters. The molecule has 3 aliphatic heterocycles. The van der Waals surface area contributed by atoms with Crippen molar-refractivity contribution in [3.05, 3.63) is 183 Å². The number of pyridine rings is 3. The second kappa shape index (κ2) is 27.1. The molecule has 0 radical (unpaired) electrons. The summed E-state index contributed by atoms with van der Waals surface area (Å²) in [5.41, 5.74) is 17.5. The summed E-state index contributed by atoms with van der Waals surface area (Å²) in [5.74, 6) is 3.84. The third-order valence-electron chi connectivity index (χ3n) is 13.3. The van der Waals surface area contributed by atoms with Crippen molar-refractivity contribution in [1.82, 2.24) is 54.8 Å². The van der Waals surface area contributed by atoms with Gasteiger partial charge in [0.05, 0.1) is 80.3 Å². The number of nitrogens with two attached hydrogens (primary N) is 1. The summed E-state index contributed by atoms with van der Waals surface area (Å²) < 4.78 is 30.4. The van der Waals surface area contributed by atoms with Gasteiger partial charge in [-0.1, -0.05) is 35.9 Å². The Morgan fingerprint density at radius 1 is 0.588 bits per heavy atom. The Kier molecular flexibility index (Phi) is 19.9. The van der Waals surface area contributed by atoms with Crippen molar-refractivity contribution >= 4 is 78.0 Å². The fourth-order valence-corrected chi connectivity index (χ4v) is 10.1. The number of anilines is 6. The second-order valence-corrected chi connectivity index (χ2v) is 22.4. The van der Waals surface area contributed by atoms with Gasteiger partial charge in [0, 0.05) is 50.8 Å². The predicted octanol–water partition coefficient (Wildman–Crippen LogP) is 11.9. The molecule has 10 heterocycles. The predicted molar refractivity (Wildman–Crippen MR) is 315 cm³/mol. The molecular formula is C58H64BrClN16O3S. The molecule has 19 nitrogen and oxygen atoms in total. The lowest BCUT2D eigenvalue weighted by Crippen LogP contribution is -2.23. The van der Waals surface area contributed by atoms with E-state index < -0.39 is 10.1 Å². The fraction of sp³-hybridized carbons (Fsp3) is 0.345. The zero-order valence-electron chi connectivity index (χ0n) is 45.5. The van der Waals surface area contributed by atoms with Crippen LogP contribution in [0.3, 0.4) is 0 Å². The van der Waals surface area contributed by atoms with Crippen LogP contribution in [0.1, 0.15) is 103 Å². The van der Waals surface area contributed by atoms with Crippen molar-refractivity contribution in [2.75, 3.05) is 34.3 Å². The lowest BCUT2D eigenvalue weighted by molar-refractivity contribution is 0.483. The molecule has 7 aromatic heterocycles. The number of benzene rings is 1. The van der Waals surface area contributed by atoms with Crippen LogP contribution < -0.4 is 20.4 Å². The Morgan fingerprint density at radius 3 is 1.48 bits per heavy atom. The van der Waals surface area contributed by atoms with Crippen molar-refractivity contribution in [1.29, 1.82) is 0 Å². The van der Waals surface area contributed by atoms with Gasteiger partial charge < -0.3 is 25.3 Å². The highest BCUT2D eigenvalue weighted by molar-refractivity contribution is 9.10. The Labute approximate surface area is 481 Å². The van der Waals surface area contributed by atoms with Gasteiger partial charge >= 0.3 is 0 Å². The summed E-state index contributed by atoms with van der Waals surface area (Å²) in [6, 6.07) is 19.7. The van der Waals surface area contributed by atoms with Gasteiger partial charge in [0.2, 0.25) is 0 Å². The number of halogens is 2. The van der Waals surface area contributed by atoms with Gasteiger partial charge in [-0.25, -0.2) is 29.9 Å². The molecule has 22 heteroatoms. The normalized spacial score (nSPS) is 15.0. The first-order valence-corrected chi connectivity index (χ1v) is 29.1. The number of hydrogen-bond donors (Lipinski definition) is 2. The van der Waals surface area contributed by atoms with E-state index >= 15 is 0 Å². The first-order valence-electron chi connectivity index (χ1n) is 26.5. The molecule has 12 rings (SSSR count). The molecule has 0 atom stereocenters. The molecule has 0 saturated heterocycles. The van der Waals surface area contributed by atoms with E-state index in [9.17, 15) is 8.42 Å². The Morgan fingerprint density at radius 2 is 1.05 bits per heavy atom. The fourth-order valence-electron chi connectivity index (χ4n) is 9.10. The summed E-state index contributed by atoms with van der Waals surface area (Å²) in [6.45, 7) is 19.4. The van der Waals surface area contributed by atoms with E-state index in [1.54, 1.807) is 62.2 Å². The maximum Gasteiger partial charge on any atom is 0.294 e. The van der Waals surface area contributed by atoms with Crippen molar-refractivity contribution in [2.24, 2.45) is 5.73 Å². The summed E-state index contributed by atoms with van der Waals surface area (Å²) >= 11 is 8.94. The zero-order valence-corrected chi connectivity index (χ0v) is 48.7. The van der Waals surface area contributed by atoms with Crippen molar-refractivity contribution < 1.29 is 13.0 Å². The summed E-state index contributed by atoms with van der Waals surface area (Å²) in [7, 11) is -4.02. The minimum atomic E-state index is -4.02. The highest BCUT2D eigenvalue weighted by atomic mass is 79.9. The van der Waals surface area contributed by atoms with Crippen LogP contribution in [0.4, 0.5) is 40.3 Å². The Balaban J connectivity index is 0.000000137. The molecule has 1 aliphatic carbocycles. The van der Waals surface area contributed by atoms with Crippen LogP contribution in [-0.4, -0.2) is 87.4 Å². The number of rotatable bonds is 5. The molecule has 3 N–H and O–H groups in total. The minimum Gasteiger partial charge on any atom is -0.361 e. The summed E-state index contributed by atoms with van der Waals surface area (Å²) in [5, 5.41) is 0.498. The first-order chi connectivity index (χ1) is 38.5. The highest BCUT2D eigenvalue weighted by Crippen LogP contribution is 2.43. The molecule has 1 saturated carbocycles. The van der Waals surface area contributed by atoms with E-state index in [0.717, 1.165) is 175 Å². The smallest absolute Gasteiger partial charge is 0.294 e. The van der Waals surface area contributed by atoms with Crippen LogP contribution in [0.25, 0.3) is 4.85 Å². The van der Waals surface area contributed by atoms with Crippen LogP contribution in [0.15, 0.2) is 120 Å². The number of nitrogens with zero attached hydrogens (tertiary/aromatic N) is 15. The number of fused-ring (bicyclic) bond motifs is 3. The van der Waals surface area contributed by atoms with Gasteiger partial charge in [0.15, 0.2) is 23.1 Å². The molecule has 414 valence electrons. The van der Waals surface area contributed by atoms with Crippen LogP contribution in [0.2, 0.25) is 5.15 Å². The number of aryl methyl sites for hydroxylation is 8. The molecule has 0 bridgehead atoms. The maximum absolute atomic E-state index is 10.5. The van der Waals surface area contributed by atoms with Crippen LogP contribution in [0.5, 0.6) is 0 Å². The van der Waals surface area contributed by atoms with E-state index in [0.29, 0.717) is 16.8 Å². The highest BCUT2D eigenvalue weighted by Gasteiger charge is 2.42. The Bertz CT molecular complexity index is 3550. The van der Waals surface area contributed by atoms with Crippen LogP contribution >= 0.6 is 27.5 Å². The van der Waals surface area contributed by atoms with Crippen LogP contribution in [0, 0.1) is 41.2 Å². The molecule has 8 aromatic rings. The molecular weight excluding hydrogens is 1120 g/mol. The van der Waals surface area contributed by atoms with Gasteiger partial charge in [-0.15, -0.1) is 4.98 Å². The lowest BCUT2D eigenvalue weighted by atomic mass is 10.1. The molecule has 0 spiro atoms. The van der Waals surface area contributed by atoms with Gasteiger partial charge in [-0.2, -0.15) is 8.42 Å². The van der Waals surface area contributed by atoms with E-state index in [-0.39, 0.29) is 10.4 Å². The standard InChI is InChI=1S/C17H21N5.C15H15N5.C14H15BrN4.C7H8O3S.C5H5ClN2/c1-12-10-19-11-16(20-12)22-9-3-2-4-13-14(22)5-6-15(21-13)17(18)7-8-17;1-11-9-17-10-15(18-11)20-8-4-3-5-12-13(20)6-7-14(16-2)19-12;1-10-8-16-9-14(17-10)19-7-3-2-4-11-12(19)5-6-13(15)18-11;1-6-2-4-7(5-3-6)11(8,9)10;1-4-7-3-2-5(6)8-4/h5-6,10-11H,2-4,7-9,18H2,1H3;6-7,9-10H,3-5,8H2,1H3;5-6,8-9H,2-4,7H2,1H3;2-5H,1H3,(H,8,9,10);2-3H,1H3. The quantitative estimate of drug-likeness (QED) is 0.0705. The number of hydrogen-bond acceptors (Lipinski definition) is 17. The van der Waals surface area contributed by atoms with Gasteiger partial charge in [-0.05, 0) is 169 Å². The van der Waals surface area contributed by atoms with E-state index in [4.69, 9.17) is 33.4 Å². The van der Waals surface area contributed by atoms with Gasteiger partial charge in [0.25, 0.3) is 15.9 Å². The topological polar surface area (TPSA) is 236 Å². The van der Waals surface area contributed by atoms with Crippen molar-refractivity contribution in [2.45, 2.75) is 116 Å². The third-order valence-corrected chi connectivity index (χ3v) is 14.9. The van der Waals surface area contributed by atoms with Gasteiger partial charge in [0.1, 0.15) is 15.6 Å². The summed E-state index contributed by atoms with van der Waals surface area (Å²) in [4.78, 5) is 58.1. The first kappa shape index (κ1) is 58.7. The SMILES string of the molecule is Cc1ccc(S(=O)(=O)O)cc1.Cc1cncc(N2CCCCc3nc(Br)ccc32)n1.Cc1cncc(N2CCCCc3nc(C4(N)CC4)ccc32)n1.Cc1nccc(Cl)n1.[C-]#[N+]c1ccc2c(n1)CCCCN2c1cncc(C)n1. The van der Waals surface area contributed by atoms with E-state index in [1.807, 2.05) is 52.2 Å². The van der Waals surface area contributed by atoms with Gasteiger partial charge in [-0.3, -0.25) is 24.5 Å². The van der Waals surface area contributed by atoms with Crippen molar-refractivity contribution in [3.8, 4) is 0 Å². The average molecular weight is 1180 g/mol. The molecule has 1 fully saturated rings. The second-order valence-electron chi connectivity index (χ2n) is 19.8. The third kappa shape index (κ3) is 16.1. The van der Waals surface area contributed by atoms with E-state index in [2.05, 4.69) is 104 Å². The maximum atomic E-state index is 10.5. The Hall–Kier alpha value is -7.48. The molecule has 0 amide bonds. The molecule has 80 heavy (non-hydrogen) atoms.